The van der Waals surface area contributed by atoms with Gasteiger partial charge in [-0.05, 0) is 11.6 Å². The second-order valence-electron chi connectivity index (χ2n) is 5.38. The maximum absolute atomic E-state index is 9.93. The smallest absolute Gasteiger partial charge is 0.140 e. The number of ether oxygens (including phenoxy) is 1. The molecule has 6 heteroatoms. The zero-order valence-electron chi connectivity index (χ0n) is 13.1. The number of aliphatic hydroxyl groups excluding tert-OH is 1. The summed E-state index contributed by atoms with van der Waals surface area (Å²) >= 11 is 1.65. The molecular weight excluding hydrogens is 310 g/mol. The highest BCUT2D eigenvalue weighted by molar-refractivity contribution is 7.21. The van der Waals surface area contributed by atoms with Gasteiger partial charge in [-0.2, -0.15) is 0 Å². The van der Waals surface area contributed by atoms with Gasteiger partial charge < -0.3 is 14.7 Å². The zero-order chi connectivity index (χ0) is 16.2. The molecule has 1 N–H and O–H groups in total. The molecule has 5 nitrogen and oxygen atoms in total. The third kappa shape index (κ3) is 3.50. The van der Waals surface area contributed by atoms with E-state index in [0.717, 1.165) is 20.9 Å². The van der Waals surface area contributed by atoms with Gasteiger partial charge in [-0.15, -0.1) is 11.3 Å². The number of likely N-dealkylation sites (N-methyl/N-ethyl adjacent to an activating group) is 1. The number of aliphatic hydroxyl groups is 1. The predicted molar refractivity (Wildman–Crippen MR) is 94.0 cm³/mol. The molecule has 0 unspecified atom stereocenters. The maximum atomic E-state index is 9.93. The van der Waals surface area contributed by atoms with Crippen LogP contribution in [0.5, 0.6) is 0 Å². The van der Waals surface area contributed by atoms with Crippen molar-refractivity contribution in [2.75, 3.05) is 32.2 Å². The molecule has 23 heavy (non-hydrogen) atoms. The first kappa shape index (κ1) is 15.9. The van der Waals surface area contributed by atoms with Gasteiger partial charge in [-0.25, -0.2) is 9.97 Å². The summed E-state index contributed by atoms with van der Waals surface area (Å²) in [6.45, 7) is 0.758. The number of anilines is 1. The number of fused-ring (bicyclic) bond motifs is 1. The van der Waals surface area contributed by atoms with Crippen LogP contribution in [0.1, 0.15) is 0 Å². The Bertz CT molecular complexity index is 776. The number of benzene rings is 1. The van der Waals surface area contributed by atoms with Crippen LogP contribution >= 0.6 is 11.3 Å². The largest absolute Gasteiger partial charge is 0.389 e. The molecule has 0 radical (unpaired) electrons. The van der Waals surface area contributed by atoms with Crippen molar-refractivity contribution >= 4 is 27.4 Å². The van der Waals surface area contributed by atoms with Crippen molar-refractivity contribution in [2.45, 2.75) is 6.10 Å². The Hall–Kier alpha value is -2.02. The molecule has 0 aliphatic rings. The summed E-state index contributed by atoms with van der Waals surface area (Å²) in [5.41, 5.74) is 1.17. The van der Waals surface area contributed by atoms with Crippen molar-refractivity contribution in [1.29, 1.82) is 0 Å². The van der Waals surface area contributed by atoms with Crippen molar-refractivity contribution in [1.82, 2.24) is 9.97 Å². The molecule has 1 aromatic carbocycles. The Morgan fingerprint density at radius 3 is 2.78 bits per heavy atom. The van der Waals surface area contributed by atoms with Gasteiger partial charge in [0.15, 0.2) is 0 Å². The van der Waals surface area contributed by atoms with Gasteiger partial charge in [-0.1, -0.05) is 30.3 Å². The minimum atomic E-state index is -0.553. The third-order valence-corrected chi connectivity index (χ3v) is 4.66. The molecule has 3 aromatic rings. The summed E-state index contributed by atoms with van der Waals surface area (Å²) in [6.07, 6.45) is 1.02. The van der Waals surface area contributed by atoms with E-state index in [0.29, 0.717) is 13.2 Å². The van der Waals surface area contributed by atoms with E-state index in [9.17, 15) is 5.11 Å². The molecule has 0 saturated carbocycles. The highest BCUT2D eigenvalue weighted by Crippen LogP contribution is 2.35. The van der Waals surface area contributed by atoms with Crippen molar-refractivity contribution in [3.05, 3.63) is 42.7 Å². The highest BCUT2D eigenvalue weighted by Gasteiger charge is 2.15. The van der Waals surface area contributed by atoms with Gasteiger partial charge in [0.1, 0.15) is 17.0 Å². The number of thiophene rings is 1. The molecule has 0 bridgehead atoms. The van der Waals surface area contributed by atoms with Crippen molar-refractivity contribution in [3.63, 3.8) is 0 Å². The standard InChI is InChI=1S/C17H19N3O2S/c1-20(9-13(21)10-22-2)16-14-8-15(12-6-4-3-5-7-12)23-17(14)19-11-18-16/h3-8,11,13,21H,9-10H2,1-2H3/t13-/m0/s1. The highest BCUT2D eigenvalue weighted by atomic mass is 32.1. The van der Waals surface area contributed by atoms with E-state index >= 15 is 0 Å². The van der Waals surface area contributed by atoms with Crippen LogP contribution in [-0.2, 0) is 4.74 Å². The van der Waals surface area contributed by atoms with Gasteiger partial charge in [0.2, 0.25) is 0 Å². The molecule has 0 fully saturated rings. The minimum absolute atomic E-state index is 0.303. The van der Waals surface area contributed by atoms with Crippen LogP contribution in [0.2, 0.25) is 0 Å². The lowest BCUT2D eigenvalue weighted by Gasteiger charge is -2.21. The molecule has 0 saturated heterocycles. The fourth-order valence-electron chi connectivity index (χ4n) is 2.54. The average Bonchev–Trinajstić information content (AvgIpc) is 2.99. The number of rotatable bonds is 6. The molecule has 2 heterocycles. The number of hydrogen-bond acceptors (Lipinski definition) is 6. The fourth-order valence-corrected chi connectivity index (χ4v) is 3.54. The zero-order valence-corrected chi connectivity index (χ0v) is 14.0. The Labute approximate surface area is 139 Å². The van der Waals surface area contributed by atoms with Gasteiger partial charge in [0.25, 0.3) is 0 Å². The predicted octanol–water partition coefficient (Wildman–Crippen LogP) is 2.80. The Morgan fingerprint density at radius 1 is 1.26 bits per heavy atom. The monoisotopic (exact) mass is 329 g/mol. The van der Waals surface area contributed by atoms with Crippen LogP contribution < -0.4 is 4.90 Å². The van der Waals surface area contributed by atoms with E-state index in [2.05, 4.69) is 28.2 Å². The quantitative estimate of drug-likeness (QED) is 0.753. The van der Waals surface area contributed by atoms with Crippen LogP contribution in [-0.4, -0.2) is 48.5 Å². The average molecular weight is 329 g/mol. The van der Waals surface area contributed by atoms with Crippen molar-refractivity contribution in [3.8, 4) is 10.4 Å². The molecule has 0 amide bonds. The summed E-state index contributed by atoms with van der Waals surface area (Å²) in [6, 6.07) is 12.4. The summed E-state index contributed by atoms with van der Waals surface area (Å²) in [5.74, 6) is 0.823. The lowest BCUT2D eigenvalue weighted by Crippen LogP contribution is -2.32. The first-order valence-electron chi connectivity index (χ1n) is 7.37. The summed E-state index contributed by atoms with van der Waals surface area (Å²) in [7, 11) is 3.50. The Balaban J connectivity index is 1.94. The van der Waals surface area contributed by atoms with E-state index in [1.54, 1.807) is 24.8 Å². The molecule has 0 aliphatic carbocycles. The second-order valence-corrected chi connectivity index (χ2v) is 6.41. The first-order valence-corrected chi connectivity index (χ1v) is 8.19. The maximum Gasteiger partial charge on any atom is 0.140 e. The van der Waals surface area contributed by atoms with E-state index < -0.39 is 6.10 Å². The van der Waals surface area contributed by atoms with Crippen LogP contribution in [0, 0.1) is 0 Å². The number of aromatic nitrogens is 2. The van der Waals surface area contributed by atoms with Gasteiger partial charge in [0, 0.05) is 25.6 Å². The number of nitrogens with zero attached hydrogens (tertiary/aromatic N) is 3. The topological polar surface area (TPSA) is 58.5 Å². The van der Waals surface area contributed by atoms with Crippen LogP contribution in [0.3, 0.4) is 0 Å². The number of hydrogen-bond donors (Lipinski definition) is 1. The van der Waals surface area contributed by atoms with Crippen LogP contribution in [0.25, 0.3) is 20.7 Å². The van der Waals surface area contributed by atoms with E-state index in [-0.39, 0.29) is 0 Å². The normalized spacial score (nSPS) is 12.5. The van der Waals surface area contributed by atoms with Gasteiger partial charge >= 0.3 is 0 Å². The lowest BCUT2D eigenvalue weighted by molar-refractivity contribution is 0.0694. The van der Waals surface area contributed by atoms with E-state index in [4.69, 9.17) is 4.74 Å². The Morgan fingerprint density at radius 2 is 2.04 bits per heavy atom. The van der Waals surface area contributed by atoms with Crippen LogP contribution in [0.4, 0.5) is 5.82 Å². The van der Waals surface area contributed by atoms with Gasteiger partial charge in [0.05, 0.1) is 18.1 Å². The second kappa shape index (κ2) is 7.04. The number of methoxy groups -OCH3 is 1. The lowest BCUT2D eigenvalue weighted by atomic mass is 10.2. The van der Waals surface area contributed by atoms with Crippen molar-refractivity contribution < 1.29 is 9.84 Å². The van der Waals surface area contributed by atoms with E-state index in [1.807, 2.05) is 30.1 Å². The van der Waals surface area contributed by atoms with Crippen LogP contribution in [0.15, 0.2) is 42.7 Å². The Kier molecular flexibility index (Phi) is 4.85. The molecule has 3 rings (SSSR count). The molecule has 2 aromatic heterocycles. The molecule has 1 atom stereocenters. The summed E-state index contributed by atoms with van der Waals surface area (Å²) < 4.78 is 4.98. The minimum Gasteiger partial charge on any atom is -0.389 e. The summed E-state index contributed by atoms with van der Waals surface area (Å²) in [5, 5.41) is 10.9. The fraction of sp³-hybridized carbons (Fsp3) is 0.294. The third-order valence-electron chi connectivity index (χ3n) is 3.57. The van der Waals surface area contributed by atoms with Crippen molar-refractivity contribution in [2.24, 2.45) is 0 Å². The molecule has 0 aliphatic heterocycles. The summed E-state index contributed by atoms with van der Waals surface area (Å²) in [4.78, 5) is 12.8. The first-order chi connectivity index (χ1) is 11.2. The van der Waals surface area contributed by atoms with E-state index in [1.165, 1.54) is 5.56 Å². The van der Waals surface area contributed by atoms with Gasteiger partial charge in [-0.3, -0.25) is 0 Å². The SMILES string of the molecule is COC[C@@H](O)CN(C)c1ncnc2sc(-c3ccccc3)cc12. The molecule has 120 valence electrons. The molecule has 0 spiro atoms. The molecular formula is C17H19N3O2S.